The molecule has 2 aliphatic carbocycles. The van der Waals surface area contributed by atoms with Crippen molar-refractivity contribution >= 4 is 17.7 Å². The van der Waals surface area contributed by atoms with E-state index in [9.17, 15) is 33.5 Å². The fraction of sp³-hybridized carbons (Fsp3) is 0.467. The molecule has 4 fully saturated rings. The first-order valence-electron chi connectivity index (χ1n) is 14.0. The van der Waals surface area contributed by atoms with Crippen molar-refractivity contribution in [3.8, 4) is 17.2 Å². The molecule has 3 heterocycles. The number of nitrogens with zero attached hydrogens (tertiary/aromatic N) is 2. The number of hydrogen-bond donors (Lipinski definition) is 3. The van der Waals surface area contributed by atoms with Gasteiger partial charge in [0.25, 0.3) is 11.8 Å². The fourth-order valence-electron chi connectivity index (χ4n) is 7.21. The Hall–Kier alpha value is -3.98. The molecule has 3 N–H and O–H groups in total. The number of fused-ring (bicyclic) bond motifs is 6. The first kappa shape index (κ1) is 28.2. The van der Waals surface area contributed by atoms with Gasteiger partial charge in [-0.1, -0.05) is 12.1 Å². The van der Waals surface area contributed by atoms with Gasteiger partial charge in [-0.25, -0.2) is 17.6 Å². The predicted molar refractivity (Wildman–Crippen MR) is 139 cm³/mol. The van der Waals surface area contributed by atoms with Gasteiger partial charge in [-0.2, -0.15) is 5.26 Å². The zero-order chi connectivity index (χ0) is 30.0. The summed E-state index contributed by atoms with van der Waals surface area (Å²) in [7, 11) is 0. The number of nitriles is 1. The number of hydrogen-bond acceptors (Lipinski definition) is 5. The molecule has 0 aromatic heterocycles. The van der Waals surface area contributed by atoms with Gasteiger partial charge in [0.05, 0.1) is 12.0 Å². The molecule has 3 saturated heterocycles. The third-order valence-corrected chi connectivity index (χ3v) is 9.17. The van der Waals surface area contributed by atoms with Gasteiger partial charge in [-0.05, 0) is 67.5 Å². The summed E-state index contributed by atoms with van der Waals surface area (Å²) in [5.74, 6) is -9.48. The number of piperidine rings is 3. The maximum atomic E-state index is 15.2. The van der Waals surface area contributed by atoms with Crippen molar-refractivity contribution in [3.05, 3.63) is 59.2 Å². The normalized spacial score (nSPS) is 27.3. The molecule has 2 bridgehead atoms. The van der Waals surface area contributed by atoms with Crippen molar-refractivity contribution in [1.82, 2.24) is 15.5 Å². The van der Waals surface area contributed by atoms with Crippen LogP contribution in [0.5, 0.6) is 0 Å². The fourth-order valence-corrected chi connectivity index (χ4v) is 7.21. The molecule has 5 atom stereocenters. The molecule has 220 valence electrons. The molecule has 2 aromatic carbocycles. The van der Waals surface area contributed by atoms with Gasteiger partial charge in [0.1, 0.15) is 23.7 Å². The average Bonchev–Trinajstić information content (AvgIpc) is 3.20. The van der Waals surface area contributed by atoms with Crippen LogP contribution in [0.15, 0.2) is 36.4 Å². The van der Waals surface area contributed by atoms with Gasteiger partial charge in [0, 0.05) is 36.1 Å². The summed E-state index contributed by atoms with van der Waals surface area (Å²) >= 11 is 0. The van der Waals surface area contributed by atoms with Crippen LogP contribution in [0, 0.1) is 34.8 Å². The highest BCUT2D eigenvalue weighted by Gasteiger charge is 2.63. The second-order valence-corrected chi connectivity index (χ2v) is 11.6. The first-order valence-corrected chi connectivity index (χ1v) is 14.0. The lowest BCUT2D eigenvalue weighted by Crippen LogP contribution is -2.70. The van der Waals surface area contributed by atoms with Gasteiger partial charge < -0.3 is 20.6 Å². The molecular weight excluding hydrogens is 556 g/mol. The predicted octanol–water partition coefficient (Wildman–Crippen LogP) is 3.12. The molecule has 3 aliphatic heterocycles. The highest BCUT2D eigenvalue weighted by molar-refractivity contribution is 6.01. The summed E-state index contributed by atoms with van der Waals surface area (Å²) in [6, 6.07) is 4.60. The summed E-state index contributed by atoms with van der Waals surface area (Å²) in [6.45, 7) is 0.499. The van der Waals surface area contributed by atoms with Crippen LogP contribution in [0.4, 0.5) is 17.6 Å². The van der Waals surface area contributed by atoms with Crippen LogP contribution < -0.4 is 10.6 Å². The van der Waals surface area contributed by atoms with E-state index in [1.807, 2.05) is 6.07 Å². The molecule has 8 nitrogen and oxygen atoms in total. The lowest BCUT2D eigenvalue weighted by Gasteiger charge is -2.54. The quantitative estimate of drug-likeness (QED) is 0.467. The number of nitrogens with one attached hydrogen (secondary N) is 2. The lowest BCUT2D eigenvalue weighted by molar-refractivity contribution is -0.201. The van der Waals surface area contributed by atoms with Crippen molar-refractivity contribution in [2.45, 2.75) is 68.2 Å². The Morgan fingerprint density at radius 2 is 1.74 bits per heavy atom. The van der Waals surface area contributed by atoms with E-state index in [0.717, 1.165) is 29.2 Å². The Labute approximate surface area is 238 Å². The highest BCUT2D eigenvalue weighted by atomic mass is 19.3. The molecule has 42 heavy (non-hydrogen) atoms. The number of carbonyl (C=O) groups excluding carboxylic acids is 3. The zero-order valence-corrected chi connectivity index (χ0v) is 22.4. The van der Waals surface area contributed by atoms with Crippen LogP contribution in [0.3, 0.4) is 0 Å². The van der Waals surface area contributed by atoms with E-state index in [-0.39, 0.29) is 47.4 Å². The number of amides is 3. The van der Waals surface area contributed by atoms with Gasteiger partial charge in [0.2, 0.25) is 11.8 Å². The number of alkyl halides is 2. The molecule has 0 radical (unpaired) electrons. The lowest BCUT2D eigenvalue weighted by atomic mass is 9.70. The summed E-state index contributed by atoms with van der Waals surface area (Å²) in [5.41, 5.74) is -2.48. The molecule has 5 aliphatic rings. The second kappa shape index (κ2) is 10.1. The van der Waals surface area contributed by atoms with E-state index in [1.165, 1.54) is 12.1 Å². The van der Waals surface area contributed by atoms with E-state index in [2.05, 4.69) is 10.6 Å². The van der Waals surface area contributed by atoms with E-state index in [4.69, 9.17) is 0 Å². The van der Waals surface area contributed by atoms with Gasteiger partial charge in [0.15, 0.2) is 5.60 Å². The molecule has 0 unspecified atom stereocenters. The molecule has 0 spiro atoms. The molecule has 3 amide bonds. The van der Waals surface area contributed by atoms with Crippen LogP contribution in [-0.4, -0.2) is 58.3 Å². The van der Waals surface area contributed by atoms with E-state index in [0.29, 0.717) is 19.4 Å². The Balaban J connectivity index is 1.38. The summed E-state index contributed by atoms with van der Waals surface area (Å²) in [4.78, 5) is 41.3. The third kappa shape index (κ3) is 4.33. The number of aliphatic hydroxyl groups is 1. The first-order chi connectivity index (χ1) is 20.0. The topological polar surface area (TPSA) is 123 Å². The molecule has 7 rings (SSSR count). The van der Waals surface area contributed by atoms with Crippen molar-refractivity contribution in [2.75, 3.05) is 6.54 Å². The smallest absolute Gasteiger partial charge is 0.264 e. The van der Waals surface area contributed by atoms with Crippen LogP contribution >= 0.6 is 0 Å². The summed E-state index contributed by atoms with van der Waals surface area (Å²) < 4.78 is 59.4. The third-order valence-electron chi connectivity index (χ3n) is 9.17. The van der Waals surface area contributed by atoms with Gasteiger partial charge in [-0.3, -0.25) is 14.4 Å². The molecular formula is C30H28F4N4O4. The average molecular weight is 585 g/mol. The van der Waals surface area contributed by atoms with Crippen LogP contribution in [0.1, 0.15) is 49.7 Å². The molecule has 2 aromatic rings. The maximum Gasteiger partial charge on any atom is 0.264 e. The van der Waals surface area contributed by atoms with Crippen molar-refractivity contribution in [3.63, 3.8) is 0 Å². The Kier molecular flexibility index (Phi) is 6.76. The van der Waals surface area contributed by atoms with E-state index >= 15 is 8.78 Å². The van der Waals surface area contributed by atoms with Gasteiger partial charge in [-0.15, -0.1) is 0 Å². The van der Waals surface area contributed by atoms with E-state index in [1.54, 1.807) is 0 Å². The molecule has 1 saturated carbocycles. The van der Waals surface area contributed by atoms with Crippen LogP contribution in [-0.2, 0) is 20.0 Å². The SMILES string of the molecule is N#C[C@H](C[C@H]1CCCNC1=O)NC(=O)[C@@H]1[C@H]2CC[C@H](CC2(F)F)N1C(=O)C1(O)c2cc(F)ccc2-c2ccc(F)cc21. The Morgan fingerprint density at radius 3 is 2.31 bits per heavy atom. The highest BCUT2D eigenvalue weighted by Crippen LogP contribution is 2.54. The minimum absolute atomic E-state index is 0.0392. The number of rotatable bonds is 5. The Bertz CT molecular complexity index is 1470. The summed E-state index contributed by atoms with van der Waals surface area (Å²) in [6.07, 6.45) is 0.432. The number of halogens is 4. The van der Waals surface area contributed by atoms with Crippen molar-refractivity contribution in [1.29, 1.82) is 5.26 Å². The zero-order valence-electron chi connectivity index (χ0n) is 22.4. The van der Waals surface area contributed by atoms with Crippen LogP contribution in [0.2, 0.25) is 0 Å². The second-order valence-electron chi connectivity index (χ2n) is 11.6. The number of benzene rings is 2. The maximum absolute atomic E-state index is 15.2. The minimum atomic E-state index is -3.32. The number of carbonyl (C=O) groups is 3. The molecule has 12 heteroatoms. The Morgan fingerprint density at radius 1 is 1.10 bits per heavy atom. The monoisotopic (exact) mass is 584 g/mol. The standard InChI is InChI=1S/C30H28F4N4O4/c31-16-3-6-20-21-7-4-17(32)12-24(21)30(42,23(20)11-16)28(41)38-19-5-8-22(29(33,34)13-19)25(38)27(40)37-18(14-35)10-15-2-1-9-36-26(15)39/h3-4,6-7,11-12,15,18-19,22,25,42H,1-2,5,8-10,13H2,(H,36,39)(H,37,40)/t15-,18+,19-,22-,25+/m1/s1. The summed E-state index contributed by atoms with van der Waals surface area (Å²) in [5, 5.41) is 27.0. The minimum Gasteiger partial charge on any atom is -0.372 e. The van der Waals surface area contributed by atoms with Crippen LogP contribution in [0.25, 0.3) is 11.1 Å². The largest absolute Gasteiger partial charge is 0.372 e. The van der Waals surface area contributed by atoms with Crippen molar-refractivity contribution in [2.24, 2.45) is 11.8 Å². The van der Waals surface area contributed by atoms with Crippen molar-refractivity contribution < 1.29 is 37.1 Å². The van der Waals surface area contributed by atoms with Gasteiger partial charge >= 0.3 is 0 Å². The van der Waals surface area contributed by atoms with E-state index < -0.39 is 71.4 Å².